The largest absolute Gasteiger partial charge is 0.352 e. The molecule has 1 N–H and O–H groups in total. The molecule has 1 heterocycles. The molecule has 0 atom stereocenters. The van der Waals surface area contributed by atoms with Gasteiger partial charge in [-0.05, 0) is 56.4 Å². The molecule has 0 saturated heterocycles. The van der Waals surface area contributed by atoms with Crippen LogP contribution >= 0.6 is 0 Å². The smallest absolute Gasteiger partial charge is 0.251 e. The normalized spacial score (nSPS) is 15.8. The van der Waals surface area contributed by atoms with Gasteiger partial charge in [-0.15, -0.1) is 0 Å². The third-order valence-corrected chi connectivity index (χ3v) is 4.07. The minimum Gasteiger partial charge on any atom is -0.352 e. The summed E-state index contributed by atoms with van der Waals surface area (Å²) < 4.78 is 0. The highest BCUT2D eigenvalue weighted by Gasteiger charge is 2.17. The fourth-order valence-corrected chi connectivity index (χ4v) is 2.74. The lowest BCUT2D eigenvalue weighted by atomic mass is 10.00. The van der Waals surface area contributed by atoms with E-state index < -0.39 is 0 Å². The summed E-state index contributed by atoms with van der Waals surface area (Å²) in [6.45, 7) is 9.52. The molecule has 3 heteroatoms. The molecule has 1 aromatic rings. The molecule has 0 unspecified atom stereocenters. The number of amides is 1. The number of carbonyl (C=O) groups is 1. The van der Waals surface area contributed by atoms with Crippen LogP contribution in [-0.4, -0.2) is 36.5 Å². The van der Waals surface area contributed by atoms with Crippen LogP contribution in [0.25, 0.3) is 0 Å². The van der Waals surface area contributed by atoms with E-state index in [-0.39, 0.29) is 5.91 Å². The first-order valence-corrected chi connectivity index (χ1v) is 7.76. The standard InChI is InChI=1S/C17H26N2O/c1-4-9-18-17(20)16-6-5-14-7-10-19(13(2)3)11-8-15(14)12-16/h5-6,12-13H,4,7-11H2,1-3H3,(H,18,20). The number of carbonyl (C=O) groups excluding carboxylic acids is 1. The van der Waals surface area contributed by atoms with Gasteiger partial charge < -0.3 is 10.2 Å². The molecule has 0 aromatic heterocycles. The molecule has 110 valence electrons. The second-order valence-electron chi connectivity index (χ2n) is 5.87. The third kappa shape index (κ3) is 3.60. The molecule has 1 aliphatic heterocycles. The van der Waals surface area contributed by atoms with Gasteiger partial charge in [0.25, 0.3) is 5.91 Å². The molecule has 2 rings (SSSR count). The lowest BCUT2D eigenvalue weighted by Gasteiger charge is -2.23. The second kappa shape index (κ2) is 6.89. The molecule has 0 fully saturated rings. The Kier molecular flexibility index (Phi) is 5.18. The lowest BCUT2D eigenvalue weighted by molar-refractivity contribution is 0.0953. The van der Waals surface area contributed by atoms with Crippen LogP contribution in [0.15, 0.2) is 18.2 Å². The molecule has 0 aliphatic carbocycles. The van der Waals surface area contributed by atoms with Crippen molar-refractivity contribution < 1.29 is 4.79 Å². The molecule has 20 heavy (non-hydrogen) atoms. The van der Waals surface area contributed by atoms with E-state index in [2.05, 4.69) is 43.1 Å². The molecule has 0 saturated carbocycles. The lowest BCUT2D eigenvalue weighted by Crippen LogP contribution is -2.32. The van der Waals surface area contributed by atoms with Crippen LogP contribution in [0.3, 0.4) is 0 Å². The Morgan fingerprint density at radius 2 is 1.95 bits per heavy atom. The number of nitrogens with zero attached hydrogens (tertiary/aromatic N) is 1. The molecule has 0 radical (unpaired) electrons. The molecule has 3 nitrogen and oxygen atoms in total. The van der Waals surface area contributed by atoms with E-state index in [1.807, 2.05) is 6.07 Å². The van der Waals surface area contributed by atoms with Gasteiger partial charge in [0.15, 0.2) is 0 Å². The van der Waals surface area contributed by atoms with Crippen molar-refractivity contribution in [3.05, 3.63) is 34.9 Å². The van der Waals surface area contributed by atoms with Crippen molar-refractivity contribution in [1.29, 1.82) is 0 Å². The minimum atomic E-state index is 0.0552. The van der Waals surface area contributed by atoms with Gasteiger partial charge in [-0.25, -0.2) is 0 Å². The highest BCUT2D eigenvalue weighted by Crippen LogP contribution is 2.19. The molecule has 0 spiro atoms. The maximum Gasteiger partial charge on any atom is 0.251 e. The molecule has 0 bridgehead atoms. The van der Waals surface area contributed by atoms with E-state index in [0.717, 1.165) is 44.5 Å². The van der Waals surface area contributed by atoms with Crippen LogP contribution in [0, 0.1) is 0 Å². The van der Waals surface area contributed by atoms with Crippen molar-refractivity contribution in [2.75, 3.05) is 19.6 Å². The van der Waals surface area contributed by atoms with Crippen molar-refractivity contribution in [1.82, 2.24) is 10.2 Å². The quantitative estimate of drug-likeness (QED) is 0.915. The zero-order chi connectivity index (χ0) is 14.5. The van der Waals surface area contributed by atoms with Gasteiger partial charge in [0.05, 0.1) is 0 Å². The predicted octanol–water partition coefficient (Wildman–Crippen LogP) is 2.64. The zero-order valence-corrected chi connectivity index (χ0v) is 12.9. The van der Waals surface area contributed by atoms with E-state index in [4.69, 9.17) is 0 Å². The van der Waals surface area contributed by atoms with Crippen molar-refractivity contribution in [3.63, 3.8) is 0 Å². The Balaban J connectivity index is 2.11. The van der Waals surface area contributed by atoms with Gasteiger partial charge in [-0.3, -0.25) is 4.79 Å². The zero-order valence-electron chi connectivity index (χ0n) is 12.9. The first kappa shape index (κ1) is 15.0. The predicted molar refractivity (Wildman–Crippen MR) is 83.2 cm³/mol. The van der Waals surface area contributed by atoms with Gasteiger partial charge in [0.1, 0.15) is 0 Å². The topological polar surface area (TPSA) is 32.3 Å². The van der Waals surface area contributed by atoms with Gasteiger partial charge >= 0.3 is 0 Å². The summed E-state index contributed by atoms with van der Waals surface area (Å²) in [7, 11) is 0. The summed E-state index contributed by atoms with van der Waals surface area (Å²) in [5.41, 5.74) is 3.55. The summed E-state index contributed by atoms with van der Waals surface area (Å²) in [6.07, 6.45) is 3.10. The van der Waals surface area contributed by atoms with Crippen LogP contribution in [0.4, 0.5) is 0 Å². The van der Waals surface area contributed by atoms with E-state index in [1.54, 1.807) is 0 Å². The highest BCUT2D eigenvalue weighted by atomic mass is 16.1. The number of fused-ring (bicyclic) bond motifs is 1. The SMILES string of the molecule is CCCNC(=O)c1ccc2c(c1)CCN(C(C)C)CC2. The number of benzene rings is 1. The van der Waals surface area contributed by atoms with Crippen LogP contribution in [-0.2, 0) is 12.8 Å². The van der Waals surface area contributed by atoms with E-state index in [0.29, 0.717) is 6.04 Å². The number of hydrogen-bond donors (Lipinski definition) is 1. The number of rotatable bonds is 4. The molecule has 1 aromatic carbocycles. The van der Waals surface area contributed by atoms with Gasteiger partial charge in [-0.2, -0.15) is 0 Å². The number of nitrogens with one attached hydrogen (secondary N) is 1. The maximum absolute atomic E-state index is 12.0. The minimum absolute atomic E-state index is 0.0552. The summed E-state index contributed by atoms with van der Waals surface area (Å²) in [5.74, 6) is 0.0552. The second-order valence-corrected chi connectivity index (χ2v) is 5.87. The first-order valence-electron chi connectivity index (χ1n) is 7.76. The summed E-state index contributed by atoms with van der Waals surface area (Å²) in [6, 6.07) is 6.79. The fourth-order valence-electron chi connectivity index (χ4n) is 2.74. The maximum atomic E-state index is 12.0. The summed E-state index contributed by atoms with van der Waals surface area (Å²) >= 11 is 0. The fraction of sp³-hybridized carbons (Fsp3) is 0.588. The monoisotopic (exact) mass is 274 g/mol. The molecular formula is C17H26N2O. The van der Waals surface area contributed by atoms with Gasteiger partial charge in [0, 0.05) is 31.2 Å². The molecule has 1 aliphatic rings. The van der Waals surface area contributed by atoms with E-state index in [9.17, 15) is 4.79 Å². The van der Waals surface area contributed by atoms with Gasteiger partial charge in [-0.1, -0.05) is 13.0 Å². The average molecular weight is 274 g/mol. The summed E-state index contributed by atoms with van der Waals surface area (Å²) in [4.78, 5) is 14.5. The van der Waals surface area contributed by atoms with Crippen LogP contribution in [0.1, 0.15) is 48.7 Å². The molecular weight excluding hydrogens is 248 g/mol. The Bertz CT molecular complexity index is 468. The summed E-state index contributed by atoms with van der Waals surface area (Å²) in [5, 5.41) is 2.95. The van der Waals surface area contributed by atoms with Crippen LogP contribution in [0.5, 0.6) is 0 Å². The van der Waals surface area contributed by atoms with Crippen molar-refractivity contribution in [3.8, 4) is 0 Å². The van der Waals surface area contributed by atoms with Crippen molar-refractivity contribution >= 4 is 5.91 Å². The van der Waals surface area contributed by atoms with Crippen molar-refractivity contribution in [2.45, 2.75) is 46.1 Å². The van der Waals surface area contributed by atoms with E-state index in [1.165, 1.54) is 11.1 Å². The van der Waals surface area contributed by atoms with Crippen LogP contribution < -0.4 is 5.32 Å². The molecule has 1 amide bonds. The highest BCUT2D eigenvalue weighted by molar-refractivity contribution is 5.94. The third-order valence-electron chi connectivity index (χ3n) is 4.07. The van der Waals surface area contributed by atoms with Gasteiger partial charge in [0.2, 0.25) is 0 Å². The van der Waals surface area contributed by atoms with E-state index >= 15 is 0 Å². The number of hydrogen-bond acceptors (Lipinski definition) is 2. The Morgan fingerprint density at radius 3 is 2.60 bits per heavy atom. The Hall–Kier alpha value is -1.35. The first-order chi connectivity index (χ1) is 9.61. The average Bonchev–Trinajstić information content (AvgIpc) is 2.66. The Morgan fingerprint density at radius 1 is 1.25 bits per heavy atom. The Labute approximate surface area is 122 Å². The van der Waals surface area contributed by atoms with Crippen LogP contribution in [0.2, 0.25) is 0 Å². The van der Waals surface area contributed by atoms with Crippen molar-refractivity contribution in [2.24, 2.45) is 0 Å².